The number of hydrogen-bond donors (Lipinski definition) is 1. The molecule has 2 aromatic heterocycles. The van der Waals surface area contributed by atoms with Crippen LogP contribution in [0.3, 0.4) is 0 Å². The van der Waals surface area contributed by atoms with Gasteiger partial charge in [-0.25, -0.2) is 9.97 Å². The summed E-state index contributed by atoms with van der Waals surface area (Å²) in [5.41, 5.74) is 8.60. The number of anilines is 1. The Bertz CT molecular complexity index is 979. The molecule has 8 nitrogen and oxygen atoms in total. The topological polar surface area (TPSA) is 101 Å². The zero-order valence-corrected chi connectivity index (χ0v) is 16.5. The van der Waals surface area contributed by atoms with Crippen molar-refractivity contribution < 1.29 is 18.3 Å². The maximum atomic E-state index is 12.6. The molecule has 0 unspecified atom stereocenters. The second kappa shape index (κ2) is 8.08. The molecule has 3 rings (SSSR count). The van der Waals surface area contributed by atoms with E-state index in [4.69, 9.17) is 19.5 Å². The van der Waals surface area contributed by atoms with Gasteiger partial charge in [0.1, 0.15) is 23.5 Å². The van der Waals surface area contributed by atoms with Crippen molar-refractivity contribution in [2.24, 2.45) is 7.05 Å². The summed E-state index contributed by atoms with van der Waals surface area (Å²) >= 11 is 0. The minimum absolute atomic E-state index is 0.154. The van der Waals surface area contributed by atoms with Crippen molar-refractivity contribution >= 4 is 24.4 Å². The molecule has 27 heavy (non-hydrogen) atoms. The zero-order valence-electron chi connectivity index (χ0n) is 15.6. The van der Waals surface area contributed by atoms with Crippen molar-refractivity contribution in [3.05, 3.63) is 36.8 Å². The summed E-state index contributed by atoms with van der Waals surface area (Å²) in [4.78, 5) is 8.38. The first-order valence-electron chi connectivity index (χ1n) is 8.64. The average molecular weight is 390 g/mol. The molecule has 2 N–H and O–H groups in total. The van der Waals surface area contributed by atoms with Gasteiger partial charge < -0.3 is 24.1 Å². The molecule has 9 heteroatoms. The SMILES string of the molecule is CCOP(=O)(COc1cccc(-c2cn(C)c3ncnc(N)c23)c1)OCC. The van der Waals surface area contributed by atoms with Crippen LogP contribution in [0.5, 0.6) is 5.75 Å². The van der Waals surface area contributed by atoms with Crippen LogP contribution in [0.15, 0.2) is 36.8 Å². The van der Waals surface area contributed by atoms with Gasteiger partial charge >= 0.3 is 7.60 Å². The van der Waals surface area contributed by atoms with E-state index in [-0.39, 0.29) is 19.6 Å². The van der Waals surface area contributed by atoms with Crippen molar-refractivity contribution in [3.63, 3.8) is 0 Å². The summed E-state index contributed by atoms with van der Waals surface area (Å²) in [7, 11) is -1.38. The second-order valence-electron chi connectivity index (χ2n) is 5.86. The fourth-order valence-corrected chi connectivity index (χ4v) is 4.18. The van der Waals surface area contributed by atoms with Crippen molar-refractivity contribution in [2.45, 2.75) is 13.8 Å². The van der Waals surface area contributed by atoms with E-state index in [1.807, 2.05) is 36.0 Å². The summed E-state index contributed by atoms with van der Waals surface area (Å²) in [5, 5.41) is 0.784. The van der Waals surface area contributed by atoms with Gasteiger partial charge in [-0.2, -0.15) is 0 Å². The summed E-state index contributed by atoms with van der Waals surface area (Å²) < 4.78 is 30.7. The lowest BCUT2D eigenvalue weighted by Gasteiger charge is -2.17. The molecule has 0 saturated carbocycles. The van der Waals surface area contributed by atoms with Crippen LogP contribution in [0.2, 0.25) is 0 Å². The fraction of sp³-hybridized carbons (Fsp3) is 0.333. The van der Waals surface area contributed by atoms with E-state index >= 15 is 0 Å². The number of ether oxygens (including phenoxy) is 1. The van der Waals surface area contributed by atoms with E-state index < -0.39 is 7.60 Å². The Balaban J connectivity index is 1.90. The molecule has 0 fully saturated rings. The van der Waals surface area contributed by atoms with Gasteiger partial charge in [-0.05, 0) is 31.5 Å². The maximum absolute atomic E-state index is 12.6. The van der Waals surface area contributed by atoms with E-state index in [2.05, 4.69) is 9.97 Å². The number of nitrogens with zero attached hydrogens (tertiary/aromatic N) is 3. The van der Waals surface area contributed by atoms with Gasteiger partial charge in [-0.15, -0.1) is 0 Å². The molecule has 0 atom stereocenters. The summed E-state index contributed by atoms with van der Waals surface area (Å²) in [6.45, 7) is 4.10. The molecule has 2 heterocycles. The Morgan fingerprint density at radius 1 is 1.19 bits per heavy atom. The number of rotatable bonds is 8. The van der Waals surface area contributed by atoms with Crippen molar-refractivity contribution in [1.29, 1.82) is 0 Å². The molecule has 144 valence electrons. The van der Waals surface area contributed by atoms with Crippen LogP contribution in [0.25, 0.3) is 22.2 Å². The Morgan fingerprint density at radius 2 is 1.93 bits per heavy atom. The summed E-state index contributed by atoms with van der Waals surface area (Å²) in [6, 6.07) is 7.44. The van der Waals surface area contributed by atoms with E-state index in [1.165, 1.54) is 6.33 Å². The number of fused-ring (bicyclic) bond motifs is 1. The van der Waals surface area contributed by atoms with Gasteiger partial charge in [0.25, 0.3) is 0 Å². The Kier molecular flexibility index (Phi) is 5.79. The Morgan fingerprint density at radius 3 is 2.63 bits per heavy atom. The number of nitrogen functional groups attached to an aromatic ring is 1. The molecule has 0 saturated heterocycles. The molecule has 0 aliphatic rings. The van der Waals surface area contributed by atoms with Crippen LogP contribution in [0, 0.1) is 0 Å². The van der Waals surface area contributed by atoms with E-state index in [1.54, 1.807) is 19.9 Å². The third-order valence-electron chi connectivity index (χ3n) is 3.97. The van der Waals surface area contributed by atoms with Crippen LogP contribution in [-0.2, 0) is 20.7 Å². The lowest BCUT2D eigenvalue weighted by molar-refractivity contribution is 0.197. The molecule has 3 aromatic rings. The molecule has 0 amide bonds. The molecule has 0 spiro atoms. The highest BCUT2D eigenvalue weighted by molar-refractivity contribution is 7.53. The van der Waals surface area contributed by atoms with Crippen molar-refractivity contribution in [3.8, 4) is 16.9 Å². The Hall–Kier alpha value is -2.41. The number of hydrogen-bond acceptors (Lipinski definition) is 7. The van der Waals surface area contributed by atoms with Gasteiger partial charge in [-0.3, -0.25) is 4.57 Å². The molecular weight excluding hydrogens is 367 g/mol. The third kappa shape index (κ3) is 4.13. The lowest BCUT2D eigenvalue weighted by atomic mass is 10.1. The fourth-order valence-electron chi connectivity index (χ4n) is 2.87. The average Bonchev–Trinajstić information content (AvgIpc) is 2.99. The van der Waals surface area contributed by atoms with Gasteiger partial charge in [0, 0.05) is 18.8 Å². The quantitative estimate of drug-likeness (QED) is 0.583. The predicted molar refractivity (Wildman–Crippen MR) is 105 cm³/mol. The number of benzene rings is 1. The maximum Gasteiger partial charge on any atom is 0.367 e. The van der Waals surface area contributed by atoms with Crippen LogP contribution < -0.4 is 10.5 Å². The molecular formula is C18H23N4O4P. The van der Waals surface area contributed by atoms with Crippen molar-refractivity contribution in [2.75, 3.05) is 25.3 Å². The van der Waals surface area contributed by atoms with Gasteiger partial charge in [0.2, 0.25) is 0 Å². The van der Waals surface area contributed by atoms with Gasteiger partial charge in [-0.1, -0.05) is 12.1 Å². The summed E-state index contributed by atoms with van der Waals surface area (Å²) in [5.74, 6) is 0.971. The normalized spacial score (nSPS) is 11.8. The van der Waals surface area contributed by atoms with Gasteiger partial charge in [0.15, 0.2) is 6.35 Å². The highest BCUT2D eigenvalue weighted by Crippen LogP contribution is 2.48. The number of aromatic nitrogens is 3. The van der Waals surface area contributed by atoms with Crippen molar-refractivity contribution in [1.82, 2.24) is 14.5 Å². The molecule has 1 aromatic carbocycles. The molecule has 0 aliphatic carbocycles. The van der Waals surface area contributed by atoms with E-state index in [0.717, 1.165) is 22.2 Å². The van der Waals surface area contributed by atoms with Crippen LogP contribution in [-0.4, -0.2) is 34.1 Å². The predicted octanol–water partition coefficient (Wildman–Crippen LogP) is 3.82. The van der Waals surface area contributed by atoms with Crippen LogP contribution in [0.4, 0.5) is 5.82 Å². The molecule has 0 radical (unpaired) electrons. The smallest absolute Gasteiger partial charge is 0.367 e. The highest BCUT2D eigenvalue weighted by atomic mass is 31.2. The van der Waals surface area contributed by atoms with E-state index in [0.29, 0.717) is 11.6 Å². The molecule has 0 bridgehead atoms. The molecule has 0 aliphatic heterocycles. The number of nitrogens with two attached hydrogens (primary N) is 1. The zero-order chi connectivity index (χ0) is 19.4. The number of aryl methyl sites for hydroxylation is 1. The lowest BCUT2D eigenvalue weighted by Crippen LogP contribution is -2.05. The first-order chi connectivity index (χ1) is 13.0. The van der Waals surface area contributed by atoms with Crippen LogP contribution in [0.1, 0.15) is 13.8 Å². The second-order valence-corrected chi connectivity index (χ2v) is 7.86. The monoisotopic (exact) mass is 390 g/mol. The van der Waals surface area contributed by atoms with Crippen LogP contribution >= 0.6 is 7.60 Å². The third-order valence-corrected chi connectivity index (χ3v) is 5.72. The minimum Gasteiger partial charge on any atom is -0.481 e. The highest BCUT2D eigenvalue weighted by Gasteiger charge is 2.24. The minimum atomic E-state index is -3.28. The standard InChI is InChI=1S/C18H23N4O4P/c1-4-25-27(23,26-5-2)12-24-14-8-6-7-13(9-14)15-10-22(3)18-16(15)17(19)20-11-21-18/h6-11H,4-5,12H2,1-3H3,(H2,19,20,21). The Labute approximate surface area is 157 Å². The first-order valence-corrected chi connectivity index (χ1v) is 10.4. The first kappa shape index (κ1) is 19.4. The van der Waals surface area contributed by atoms with Gasteiger partial charge in [0.05, 0.1) is 18.6 Å². The van der Waals surface area contributed by atoms with E-state index in [9.17, 15) is 4.57 Å². The summed E-state index contributed by atoms with van der Waals surface area (Å²) in [6.07, 6.45) is 3.24. The largest absolute Gasteiger partial charge is 0.481 e.